The summed E-state index contributed by atoms with van der Waals surface area (Å²) in [5.41, 5.74) is -0.546. The average molecular weight is 300 g/mol. The second-order valence-electron chi connectivity index (χ2n) is 5.08. The maximum Gasteiger partial charge on any atom is 0.407 e. The summed E-state index contributed by atoms with van der Waals surface area (Å²) in [6, 6.07) is 0. The van der Waals surface area contributed by atoms with Crippen molar-refractivity contribution in [2.75, 3.05) is 11.9 Å². The molecule has 7 nitrogen and oxygen atoms in total. The van der Waals surface area contributed by atoms with Crippen molar-refractivity contribution in [3.8, 4) is 0 Å². The van der Waals surface area contributed by atoms with Crippen molar-refractivity contribution in [1.29, 1.82) is 0 Å². The molecule has 0 aliphatic rings. The molecule has 0 saturated carbocycles. The third kappa shape index (κ3) is 6.46. The highest BCUT2D eigenvalue weighted by atomic mass is 32.1. The van der Waals surface area contributed by atoms with E-state index in [2.05, 4.69) is 20.8 Å². The summed E-state index contributed by atoms with van der Waals surface area (Å²) in [6.45, 7) is 7.51. The molecule has 0 spiro atoms. The van der Waals surface area contributed by atoms with Crippen molar-refractivity contribution in [2.45, 2.75) is 46.1 Å². The van der Waals surface area contributed by atoms with Crippen molar-refractivity contribution < 1.29 is 14.3 Å². The fraction of sp³-hybridized carbons (Fsp3) is 0.667. The molecule has 0 bridgehead atoms. The predicted octanol–water partition coefficient (Wildman–Crippen LogP) is 1.95. The second-order valence-corrected chi connectivity index (χ2v) is 6.14. The molecule has 0 aromatic carbocycles. The normalized spacial score (nSPS) is 11.0. The van der Waals surface area contributed by atoms with E-state index in [1.165, 1.54) is 11.3 Å². The summed E-state index contributed by atoms with van der Waals surface area (Å²) in [5, 5.41) is 14.2. The van der Waals surface area contributed by atoms with Crippen molar-refractivity contribution >= 4 is 28.5 Å². The van der Waals surface area contributed by atoms with Gasteiger partial charge in [-0.15, -0.1) is 10.2 Å². The van der Waals surface area contributed by atoms with Crippen LogP contribution < -0.4 is 10.6 Å². The van der Waals surface area contributed by atoms with Crippen molar-refractivity contribution in [1.82, 2.24) is 15.5 Å². The average Bonchev–Trinajstić information content (AvgIpc) is 2.74. The molecule has 1 aromatic rings. The number of alkyl carbamates (subject to hydrolysis) is 1. The van der Waals surface area contributed by atoms with Crippen LogP contribution in [0.15, 0.2) is 0 Å². The quantitative estimate of drug-likeness (QED) is 0.867. The summed E-state index contributed by atoms with van der Waals surface area (Å²) in [6.07, 6.45) is 0.406. The highest BCUT2D eigenvalue weighted by molar-refractivity contribution is 7.15. The first kappa shape index (κ1) is 16.4. The highest BCUT2D eigenvalue weighted by Crippen LogP contribution is 2.15. The zero-order valence-corrected chi connectivity index (χ0v) is 13.0. The van der Waals surface area contributed by atoms with Gasteiger partial charge in [0.2, 0.25) is 11.0 Å². The molecule has 0 saturated heterocycles. The fourth-order valence-corrected chi connectivity index (χ4v) is 1.92. The van der Waals surface area contributed by atoms with Gasteiger partial charge in [-0.05, 0) is 27.2 Å². The van der Waals surface area contributed by atoms with E-state index in [4.69, 9.17) is 4.74 Å². The van der Waals surface area contributed by atoms with Crippen LogP contribution in [0.5, 0.6) is 0 Å². The van der Waals surface area contributed by atoms with Crippen LogP contribution in [0, 0.1) is 0 Å². The van der Waals surface area contributed by atoms with Gasteiger partial charge in [0.25, 0.3) is 0 Å². The lowest BCUT2D eigenvalue weighted by molar-refractivity contribution is -0.116. The molecular formula is C12H20N4O3S. The lowest BCUT2D eigenvalue weighted by atomic mass is 10.2. The Hall–Kier alpha value is -1.70. The van der Waals surface area contributed by atoms with E-state index in [-0.39, 0.29) is 18.9 Å². The molecule has 112 valence electrons. The third-order valence-corrected chi connectivity index (χ3v) is 3.02. The molecular weight excluding hydrogens is 280 g/mol. The largest absolute Gasteiger partial charge is 0.444 e. The summed E-state index contributed by atoms with van der Waals surface area (Å²) in [5.74, 6) is -0.222. The number of aryl methyl sites for hydroxylation is 1. The van der Waals surface area contributed by atoms with E-state index in [9.17, 15) is 9.59 Å². The molecule has 0 radical (unpaired) electrons. The number of nitrogens with zero attached hydrogens (tertiary/aromatic N) is 2. The topological polar surface area (TPSA) is 93.2 Å². The number of carbonyl (C=O) groups excluding carboxylic acids is 2. The molecule has 20 heavy (non-hydrogen) atoms. The summed E-state index contributed by atoms with van der Waals surface area (Å²) in [7, 11) is 0. The SMILES string of the molecule is CCc1nnc(NC(=O)CCNC(=O)OC(C)(C)C)s1. The second kappa shape index (κ2) is 7.18. The number of hydrogen-bond donors (Lipinski definition) is 2. The van der Waals surface area contributed by atoms with Gasteiger partial charge in [-0.1, -0.05) is 18.3 Å². The van der Waals surface area contributed by atoms with Gasteiger partial charge >= 0.3 is 6.09 Å². The fourth-order valence-electron chi connectivity index (χ4n) is 1.22. The lowest BCUT2D eigenvalue weighted by Gasteiger charge is -2.19. The molecule has 1 heterocycles. The number of hydrogen-bond acceptors (Lipinski definition) is 6. The molecule has 1 aromatic heterocycles. The van der Waals surface area contributed by atoms with Gasteiger partial charge in [-0.25, -0.2) is 4.79 Å². The van der Waals surface area contributed by atoms with Gasteiger partial charge in [-0.3, -0.25) is 4.79 Å². The lowest BCUT2D eigenvalue weighted by Crippen LogP contribution is -2.34. The Kier molecular flexibility index (Phi) is 5.87. The van der Waals surface area contributed by atoms with E-state index >= 15 is 0 Å². The molecule has 2 N–H and O–H groups in total. The molecule has 1 rings (SSSR count). The minimum Gasteiger partial charge on any atom is -0.444 e. The molecule has 0 unspecified atom stereocenters. The molecule has 0 aliphatic carbocycles. The monoisotopic (exact) mass is 300 g/mol. The zero-order valence-electron chi connectivity index (χ0n) is 12.1. The van der Waals surface area contributed by atoms with Gasteiger partial charge in [-0.2, -0.15) is 0 Å². The Morgan fingerprint density at radius 2 is 2.00 bits per heavy atom. The standard InChI is InChI=1S/C12H20N4O3S/c1-5-9-15-16-10(20-9)14-8(17)6-7-13-11(18)19-12(2,3)4/h5-7H2,1-4H3,(H,13,18)(H,14,16,17). The molecule has 2 amide bonds. The predicted molar refractivity (Wildman–Crippen MR) is 76.8 cm³/mol. The summed E-state index contributed by atoms with van der Waals surface area (Å²) in [4.78, 5) is 23.0. The third-order valence-electron chi connectivity index (χ3n) is 2.04. The van der Waals surface area contributed by atoms with E-state index in [0.29, 0.717) is 5.13 Å². The number of anilines is 1. The maximum atomic E-state index is 11.6. The van der Waals surface area contributed by atoms with Crippen LogP contribution in [-0.2, 0) is 16.0 Å². The molecule has 0 atom stereocenters. The van der Waals surface area contributed by atoms with Crippen molar-refractivity contribution in [2.24, 2.45) is 0 Å². The number of aromatic nitrogens is 2. The van der Waals surface area contributed by atoms with Crippen LogP contribution in [0.1, 0.15) is 39.1 Å². The van der Waals surface area contributed by atoms with E-state index < -0.39 is 11.7 Å². The molecule has 8 heteroatoms. The zero-order chi connectivity index (χ0) is 15.2. The number of carbonyl (C=O) groups is 2. The Balaban J connectivity index is 2.25. The van der Waals surface area contributed by atoms with Crippen LogP contribution >= 0.6 is 11.3 Å². The Morgan fingerprint density at radius 3 is 2.55 bits per heavy atom. The van der Waals surface area contributed by atoms with Crippen LogP contribution in [0.2, 0.25) is 0 Å². The minimum atomic E-state index is -0.546. The first-order chi connectivity index (χ1) is 9.30. The van der Waals surface area contributed by atoms with Crippen LogP contribution in [0.25, 0.3) is 0 Å². The van der Waals surface area contributed by atoms with E-state index in [1.807, 2.05) is 6.92 Å². The highest BCUT2D eigenvalue weighted by Gasteiger charge is 2.16. The van der Waals surface area contributed by atoms with Gasteiger partial charge in [0.15, 0.2) is 0 Å². The van der Waals surface area contributed by atoms with E-state index in [1.54, 1.807) is 20.8 Å². The minimum absolute atomic E-state index is 0.153. The van der Waals surface area contributed by atoms with Gasteiger partial charge in [0.05, 0.1) is 0 Å². The van der Waals surface area contributed by atoms with Crippen LogP contribution in [0.4, 0.5) is 9.93 Å². The number of nitrogens with one attached hydrogen (secondary N) is 2. The maximum absolute atomic E-state index is 11.6. The number of rotatable bonds is 5. The van der Waals surface area contributed by atoms with Gasteiger partial charge in [0, 0.05) is 13.0 Å². The summed E-state index contributed by atoms with van der Waals surface area (Å²) >= 11 is 1.34. The van der Waals surface area contributed by atoms with Crippen LogP contribution in [-0.4, -0.2) is 34.3 Å². The summed E-state index contributed by atoms with van der Waals surface area (Å²) < 4.78 is 5.05. The first-order valence-electron chi connectivity index (χ1n) is 6.39. The van der Waals surface area contributed by atoms with Crippen LogP contribution in [0.3, 0.4) is 0 Å². The van der Waals surface area contributed by atoms with Gasteiger partial charge in [0.1, 0.15) is 10.6 Å². The number of amides is 2. The van der Waals surface area contributed by atoms with Crippen molar-refractivity contribution in [3.05, 3.63) is 5.01 Å². The molecule has 0 fully saturated rings. The Bertz CT molecular complexity index is 468. The Labute approximate surface area is 122 Å². The van der Waals surface area contributed by atoms with E-state index in [0.717, 1.165) is 11.4 Å². The van der Waals surface area contributed by atoms with Crippen molar-refractivity contribution in [3.63, 3.8) is 0 Å². The Morgan fingerprint density at radius 1 is 1.30 bits per heavy atom. The smallest absolute Gasteiger partial charge is 0.407 e. The molecule has 0 aliphatic heterocycles. The number of ether oxygens (including phenoxy) is 1. The first-order valence-corrected chi connectivity index (χ1v) is 7.21. The van der Waals surface area contributed by atoms with Gasteiger partial charge < -0.3 is 15.4 Å².